The average Bonchev–Trinajstić information content (AvgIpc) is 2.95. The number of hydrogen-bond acceptors (Lipinski definition) is 2. The van der Waals surface area contributed by atoms with Crippen LogP contribution in [0, 0.1) is 11.8 Å². The molecule has 0 spiro atoms. The van der Waals surface area contributed by atoms with Gasteiger partial charge in [0.15, 0.2) is 0 Å². The quantitative estimate of drug-likeness (QED) is 0.765. The Labute approximate surface area is 98.2 Å². The molecule has 92 valence electrons. The van der Waals surface area contributed by atoms with Crippen LogP contribution < -0.4 is 11.1 Å². The zero-order chi connectivity index (χ0) is 11.8. The molecule has 0 heterocycles. The van der Waals surface area contributed by atoms with E-state index in [-0.39, 0.29) is 11.9 Å². The molecule has 2 fully saturated rings. The van der Waals surface area contributed by atoms with E-state index in [1.165, 1.54) is 25.7 Å². The average molecular weight is 224 g/mol. The Hall–Kier alpha value is -0.570. The number of carbonyl (C=O) groups is 1. The van der Waals surface area contributed by atoms with Gasteiger partial charge in [-0.1, -0.05) is 12.8 Å². The van der Waals surface area contributed by atoms with Crippen LogP contribution >= 0.6 is 0 Å². The summed E-state index contributed by atoms with van der Waals surface area (Å²) in [6.07, 6.45) is 7.36. The first-order chi connectivity index (χ1) is 7.51. The standard InChI is InChI=1S/C13H24N2O/c1-9(10-5-3-4-6-10)15-12(16)13(2,14)11-7-8-11/h9-11H,3-8,14H2,1-2H3,(H,15,16)/t9-,13?/m1/s1. The molecule has 0 saturated heterocycles. The van der Waals surface area contributed by atoms with Crippen LogP contribution in [-0.2, 0) is 4.79 Å². The molecule has 16 heavy (non-hydrogen) atoms. The van der Waals surface area contributed by atoms with Gasteiger partial charge in [0.2, 0.25) is 5.91 Å². The molecule has 3 heteroatoms. The summed E-state index contributed by atoms with van der Waals surface area (Å²) in [5.41, 5.74) is 5.45. The molecule has 2 rings (SSSR count). The van der Waals surface area contributed by atoms with Crippen LogP contribution in [0.4, 0.5) is 0 Å². The third-order valence-corrected chi connectivity index (χ3v) is 4.38. The van der Waals surface area contributed by atoms with Crippen LogP contribution in [-0.4, -0.2) is 17.5 Å². The van der Waals surface area contributed by atoms with Gasteiger partial charge in [-0.15, -0.1) is 0 Å². The smallest absolute Gasteiger partial charge is 0.240 e. The van der Waals surface area contributed by atoms with Crippen molar-refractivity contribution in [2.75, 3.05) is 0 Å². The lowest BCUT2D eigenvalue weighted by Gasteiger charge is -2.28. The summed E-state index contributed by atoms with van der Waals surface area (Å²) < 4.78 is 0. The molecule has 0 aromatic carbocycles. The summed E-state index contributed by atoms with van der Waals surface area (Å²) in [7, 11) is 0. The molecule has 1 amide bonds. The SMILES string of the molecule is C[C@@H](NC(=O)C(C)(N)C1CC1)C1CCCC1. The number of rotatable bonds is 4. The highest BCUT2D eigenvalue weighted by molar-refractivity contribution is 5.86. The van der Waals surface area contributed by atoms with E-state index in [1.807, 2.05) is 6.92 Å². The minimum Gasteiger partial charge on any atom is -0.352 e. The van der Waals surface area contributed by atoms with Crippen molar-refractivity contribution < 1.29 is 4.79 Å². The zero-order valence-corrected chi connectivity index (χ0v) is 10.5. The van der Waals surface area contributed by atoms with Crippen LogP contribution in [0.3, 0.4) is 0 Å². The van der Waals surface area contributed by atoms with Gasteiger partial charge in [0.05, 0.1) is 5.54 Å². The molecule has 3 N–H and O–H groups in total. The van der Waals surface area contributed by atoms with Crippen LogP contribution in [0.5, 0.6) is 0 Å². The van der Waals surface area contributed by atoms with Gasteiger partial charge < -0.3 is 11.1 Å². The monoisotopic (exact) mass is 224 g/mol. The number of nitrogens with two attached hydrogens (primary N) is 1. The van der Waals surface area contributed by atoms with Gasteiger partial charge >= 0.3 is 0 Å². The van der Waals surface area contributed by atoms with Crippen LogP contribution in [0.25, 0.3) is 0 Å². The predicted molar refractivity (Wildman–Crippen MR) is 64.9 cm³/mol. The third kappa shape index (κ3) is 2.40. The lowest BCUT2D eigenvalue weighted by molar-refractivity contribution is -0.127. The lowest BCUT2D eigenvalue weighted by atomic mass is 9.93. The normalized spacial score (nSPS) is 27.4. The molecule has 0 aromatic heterocycles. The van der Waals surface area contributed by atoms with Gasteiger partial charge in [-0.25, -0.2) is 0 Å². The predicted octanol–water partition coefficient (Wildman–Crippen LogP) is 1.81. The fourth-order valence-corrected chi connectivity index (χ4v) is 2.81. The summed E-state index contributed by atoms with van der Waals surface area (Å²) in [5.74, 6) is 1.12. The first-order valence-corrected chi connectivity index (χ1v) is 6.61. The largest absolute Gasteiger partial charge is 0.352 e. The van der Waals surface area contributed by atoms with E-state index >= 15 is 0 Å². The summed E-state index contributed by atoms with van der Waals surface area (Å²) >= 11 is 0. The molecule has 2 aliphatic rings. The molecule has 1 unspecified atom stereocenters. The van der Waals surface area contributed by atoms with Crippen molar-refractivity contribution in [2.45, 2.75) is 64.0 Å². The molecule has 0 aliphatic heterocycles. The van der Waals surface area contributed by atoms with E-state index in [2.05, 4.69) is 12.2 Å². The summed E-state index contributed by atoms with van der Waals surface area (Å²) in [5, 5.41) is 3.12. The molecule has 2 atom stereocenters. The molecule has 0 aromatic rings. The lowest BCUT2D eigenvalue weighted by Crippen LogP contribution is -2.56. The fourth-order valence-electron chi connectivity index (χ4n) is 2.81. The minimum atomic E-state index is -0.646. The second-order valence-electron chi connectivity index (χ2n) is 5.86. The van der Waals surface area contributed by atoms with Crippen LogP contribution in [0.1, 0.15) is 52.4 Å². The number of amides is 1. The number of carbonyl (C=O) groups excluding carboxylic acids is 1. The second-order valence-corrected chi connectivity index (χ2v) is 5.86. The number of nitrogens with one attached hydrogen (secondary N) is 1. The van der Waals surface area contributed by atoms with E-state index in [0.717, 1.165) is 12.8 Å². The van der Waals surface area contributed by atoms with E-state index < -0.39 is 5.54 Å². The van der Waals surface area contributed by atoms with Crippen molar-refractivity contribution in [3.63, 3.8) is 0 Å². The van der Waals surface area contributed by atoms with Crippen molar-refractivity contribution in [1.82, 2.24) is 5.32 Å². The topological polar surface area (TPSA) is 55.1 Å². The Kier molecular flexibility index (Phi) is 3.24. The van der Waals surface area contributed by atoms with Crippen LogP contribution in [0.2, 0.25) is 0 Å². The molecular weight excluding hydrogens is 200 g/mol. The fraction of sp³-hybridized carbons (Fsp3) is 0.923. The first-order valence-electron chi connectivity index (χ1n) is 6.61. The summed E-state index contributed by atoms with van der Waals surface area (Å²) in [4.78, 5) is 12.1. The zero-order valence-electron chi connectivity index (χ0n) is 10.5. The first kappa shape index (κ1) is 11.9. The van der Waals surface area contributed by atoms with Gasteiger partial charge in [0, 0.05) is 6.04 Å². The molecular formula is C13H24N2O. The summed E-state index contributed by atoms with van der Waals surface area (Å²) in [6.45, 7) is 4.00. The molecule has 2 aliphatic carbocycles. The van der Waals surface area contributed by atoms with E-state index in [4.69, 9.17) is 5.73 Å². The molecule has 2 saturated carbocycles. The maximum absolute atomic E-state index is 12.1. The maximum Gasteiger partial charge on any atom is 0.240 e. The van der Waals surface area contributed by atoms with Gasteiger partial charge in [-0.2, -0.15) is 0 Å². The van der Waals surface area contributed by atoms with Gasteiger partial charge in [0.1, 0.15) is 0 Å². The Morgan fingerprint density at radius 1 is 1.31 bits per heavy atom. The van der Waals surface area contributed by atoms with Crippen molar-refractivity contribution in [3.8, 4) is 0 Å². The Morgan fingerprint density at radius 3 is 2.38 bits per heavy atom. The third-order valence-electron chi connectivity index (χ3n) is 4.38. The van der Waals surface area contributed by atoms with E-state index in [9.17, 15) is 4.79 Å². The van der Waals surface area contributed by atoms with E-state index in [1.54, 1.807) is 0 Å². The van der Waals surface area contributed by atoms with Crippen molar-refractivity contribution in [2.24, 2.45) is 17.6 Å². The molecule has 3 nitrogen and oxygen atoms in total. The van der Waals surface area contributed by atoms with Gasteiger partial charge in [0.25, 0.3) is 0 Å². The number of hydrogen-bond donors (Lipinski definition) is 2. The highest BCUT2D eigenvalue weighted by Crippen LogP contribution is 2.38. The van der Waals surface area contributed by atoms with Gasteiger partial charge in [-0.3, -0.25) is 4.79 Å². The Balaban J connectivity index is 1.85. The highest BCUT2D eigenvalue weighted by atomic mass is 16.2. The van der Waals surface area contributed by atoms with Crippen molar-refractivity contribution >= 4 is 5.91 Å². The minimum absolute atomic E-state index is 0.0504. The summed E-state index contributed by atoms with van der Waals surface area (Å²) in [6, 6.07) is 0.289. The maximum atomic E-state index is 12.1. The molecule has 0 radical (unpaired) electrons. The molecule has 0 bridgehead atoms. The van der Waals surface area contributed by atoms with Crippen molar-refractivity contribution in [1.29, 1.82) is 0 Å². The Morgan fingerprint density at radius 2 is 1.88 bits per heavy atom. The van der Waals surface area contributed by atoms with Crippen molar-refractivity contribution in [3.05, 3.63) is 0 Å². The Bertz CT molecular complexity index is 265. The van der Waals surface area contributed by atoms with E-state index in [0.29, 0.717) is 11.8 Å². The van der Waals surface area contributed by atoms with Crippen LogP contribution in [0.15, 0.2) is 0 Å². The van der Waals surface area contributed by atoms with Gasteiger partial charge in [-0.05, 0) is 51.4 Å². The highest BCUT2D eigenvalue weighted by Gasteiger charge is 2.44. The second kappa shape index (κ2) is 4.36.